The van der Waals surface area contributed by atoms with Gasteiger partial charge in [-0.15, -0.1) is 0 Å². The Labute approximate surface area is 117 Å². The van der Waals surface area contributed by atoms with Gasteiger partial charge in [0.1, 0.15) is 0 Å². The summed E-state index contributed by atoms with van der Waals surface area (Å²) in [5, 5.41) is 0. The monoisotopic (exact) mass is 293 g/mol. The van der Waals surface area contributed by atoms with Gasteiger partial charge in [-0.2, -0.15) is 0 Å². The molecule has 1 heterocycles. The molecular formula is C14H15NO4S. The van der Waals surface area contributed by atoms with Gasteiger partial charge in [0, 0.05) is 6.20 Å². The first-order valence-corrected chi connectivity index (χ1v) is 7.55. The zero-order valence-electron chi connectivity index (χ0n) is 11.2. The van der Waals surface area contributed by atoms with E-state index in [1.807, 2.05) is 6.92 Å². The summed E-state index contributed by atoms with van der Waals surface area (Å²) in [4.78, 5) is 12.1. The highest BCUT2D eigenvalue weighted by Crippen LogP contribution is 2.14. The third-order valence-electron chi connectivity index (χ3n) is 2.99. The molecule has 20 heavy (non-hydrogen) atoms. The van der Waals surface area contributed by atoms with Crippen LogP contribution in [0.4, 0.5) is 0 Å². The average Bonchev–Trinajstić information content (AvgIpc) is 2.47. The first-order valence-electron chi connectivity index (χ1n) is 6.11. The fraction of sp³-hybridized carbons (Fsp3) is 0.214. The fourth-order valence-corrected chi connectivity index (χ4v) is 3.06. The van der Waals surface area contributed by atoms with Crippen molar-refractivity contribution in [2.24, 2.45) is 0 Å². The minimum atomic E-state index is -3.90. The zero-order valence-corrected chi connectivity index (χ0v) is 12.1. The summed E-state index contributed by atoms with van der Waals surface area (Å²) in [6.07, 6.45) is 2.04. The molecule has 1 aromatic heterocycles. The summed E-state index contributed by atoms with van der Waals surface area (Å²) in [7, 11) is -2.58. The summed E-state index contributed by atoms with van der Waals surface area (Å²) >= 11 is 0. The maximum atomic E-state index is 12.4. The summed E-state index contributed by atoms with van der Waals surface area (Å²) < 4.78 is 30.4. The van der Waals surface area contributed by atoms with Crippen molar-refractivity contribution < 1.29 is 13.2 Å². The number of benzene rings is 1. The van der Waals surface area contributed by atoms with Gasteiger partial charge in [0.05, 0.1) is 12.0 Å². The predicted octanol–water partition coefficient (Wildman–Crippen LogP) is 1.66. The number of ether oxygens (including phenoxy) is 1. The predicted molar refractivity (Wildman–Crippen MR) is 75.7 cm³/mol. The maximum absolute atomic E-state index is 12.4. The van der Waals surface area contributed by atoms with E-state index in [9.17, 15) is 13.2 Å². The fourth-order valence-electron chi connectivity index (χ4n) is 1.81. The van der Waals surface area contributed by atoms with E-state index >= 15 is 0 Å². The van der Waals surface area contributed by atoms with Crippen molar-refractivity contribution in [2.45, 2.75) is 18.2 Å². The van der Waals surface area contributed by atoms with Gasteiger partial charge in [0.15, 0.2) is 5.75 Å². The second-order valence-electron chi connectivity index (χ2n) is 4.18. The van der Waals surface area contributed by atoms with Crippen LogP contribution >= 0.6 is 0 Å². The Hall–Kier alpha value is -2.08. The number of hydrogen-bond acceptors (Lipinski definition) is 4. The van der Waals surface area contributed by atoms with Gasteiger partial charge in [0.25, 0.3) is 10.0 Å². The van der Waals surface area contributed by atoms with Crippen LogP contribution in [-0.4, -0.2) is 19.5 Å². The summed E-state index contributed by atoms with van der Waals surface area (Å²) in [6, 6.07) is 9.35. The lowest BCUT2D eigenvalue weighted by molar-refractivity contribution is 0.407. The number of nitrogens with zero attached hydrogens (tertiary/aromatic N) is 1. The minimum absolute atomic E-state index is 0.0127. The van der Waals surface area contributed by atoms with Gasteiger partial charge in [0.2, 0.25) is 0 Å². The van der Waals surface area contributed by atoms with Gasteiger partial charge in [-0.3, -0.25) is 4.79 Å². The lowest BCUT2D eigenvalue weighted by Crippen LogP contribution is -2.27. The van der Waals surface area contributed by atoms with Crippen LogP contribution in [0.3, 0.4) is 0 Å². The third kappa shape index (κ3) is 2.46. The summed E-state index contributed by atoms with van der Waals surface area (Å²) in [6.45, 7) is 1.98. The van der Waals surface area contributed by atoms with Crippen LogP contribution in [0, 0.1) is 0 Å². The molecule has 0 amide bonds. The number of methoxy groups -OCH3 is 1. The number of aromatic nitrogens is 1. The van der Waals surface area contributed by atoms with Crippen molar-refractivity contribution >= 4 is 10.0 Å². The molecule has 106 valence electrons. The van der Waals surface area contributed by atoms with E-state index in [0.717, 1.165) is 12.0 Å². The summed E-state index contributed by atoms with van der Waals surface area (Å²) in [5.74, 6) is -0.0127. The van der Waals surface area contributed by atoms with Crippen LogP contribution in [0.5, 0.6) is 5.75 Å². The maximum Gasteiger partial charge on any atom is 0.306 e. The van der Waals surface area contributed by atoms with Gasteiger partial charge in [-0.25, -0.2) is 12.4 Å². The van der Waals surface area contributed by atoms with Crippen molar-refractivity contribution in [2.75, 3.05) is 7.11 Å². The molecule has 6 heteroatoms. The Morgan fingerprint density at radius 2 is 1.80 bits per heavy atom. The molecule has 0 saturated heterocycles. The van der Waals surface area contributed by atoms with E-state index in [1.54, 1.807) is 12.1 Å². The highest BCUT2D eigenvalue weighted by molar-refractivity contribution is 7.90. The van der Waals surface area contributed by atoms with Crippen molar-refractivity contribution in [3.05, 3.63) is 58.5 Å². The molecule has 5 nitrogen and oxygen atoms in total. The van der Waals surface area contributed by atoms with E-state index in [-0.39, 0.29) is 10.6 Å². The molecule has 0 aliphatic heterocycles. The average molecular weight is 293 g/mol. The molecule has 0 radical (unpaired) electrons. The molecule has 0 atom stereocenters. The highest BCUT2D eigenvalue weighted by atomic mass is 32.2. The Bertz CT molecular complexity index is 761. The smallest absolute Gasteiger partial charge is 0.306 e. The van der Waals surface area contributed by atoms with Crippen molar-refractivity contribution in [1.82, 2.24) is 3.97 Å². The largest absolute Gasteiger partial charge is 0.491 e. The Kier molecular flexibility index (Phi) is 3.94. The Morgan fingerprint density at radius 3 is 2.35 bits per heavy atom. The van der Waals surface area contributed by atoms with Crippen molar-refractivity contribution in [1.29, 1.82) is 0 Å². The van der Waals surface area contributed by atoms with Gasteiger partial charge in [-0.1, -0.05) is 19.1 Å². The normalized spacial score (nSPS) is 11.3. The quantitative estimate of drug-likeness (QED) is 0.860. The molecular weight excluding hydrogens is 278 g/mol. The summed E-state index contributed by atoms with van der Waals surface area (Å²) in [5.41, 5.74) is 0.330. The molecule has 1 aromatic carbocycles. The molecule has 0 unspecified atom stereocenters. The van der Waals surface area contributed by atoms with Crippen molar-refractivity contribution in [3.63, 3.8) is 0 Å². The van der Waals surface area contributed by atoms with Crippen LogP contribution in [0.1, 0.15) is 12.5 Å². The lowest BCUT2D eigenvalue weighted by Gasteiger charge is -2.09. The molecule has 0 aliphatic carbocycles. The van der Waals surface area contributed by atoms with E-state index in [1.165, 1.54) is 37.6 Å². The molecule has 0 N–H and O–H groups in total. The zero-order chi connectivity index (χ0) is 14.8. The van der Waals surface area contributed by atoms with E-state index < -0.39 is 15.6 Å². The number of rotatable bonds is 4. The topological polar surface area (TPSA) is 65.4 Å². The molecule has 0 saturated carbocycles. The Morgan fingerprint density at radius 1 is 1.15 bits per heavy atom. The van der Waals surface area contributed by atoms with Crippen LogP contribution in [0.15, 0.2) is 52.3 Å². The van der Waals surface area contributed by atoms with Gasteiger partial charge in [-0.05, 0) is 36.2 Å². The minimum Gasteiger partial charge on any atom is -0.491 e. The van der Waals surface area contributed by atoms with Gasteiger partial charge < -0.3 is 4.74 Å². The molecule has 0 aliphatic rings. The first kappa shape index (κ1) is 14.3. The van der Waals surface area contributed by atoms with E-state index in [0.29, 0.717) is 3.97 Å². The third-order valence-corrected chi connectivity index (χ3v) is 4.66. The highest BCUT2D eigenvalue weighted by Gasteiger charge is 2.19. The molecule has 0 fully saturated rings. The Balaban J connectivity index is 2.57. The number of aryl methyl sites for hydroxylation is 1. The standard InChI is InChI=1S/C14H15NO4S/c1-3-11-6-8-12(9-7-11)20(17,18)15-10-4-5-13(19-2)14(15)16/h4-10H,3H2,1-2H3. The van der Waals surface area contributed by atoms with Crippen LogP contribution in [-0.2, 0) is 16.4 Å². The van der Waals surface area contributed by atoms with E-state index in [4.69, 9.17) is 4.74 Å². The van der Waals surface area contributed by atoms with Crippen molar-refractivity contribution in [3.8, 4) is 5.75 Å². The second-order valence-corrected chi connectivity index (χ2v) is 6.00. The number of hydrogen-bond donors (Lipinski definition) is 0. The van der Waals surface area contributed by atoms with Crippen LogP contribution < -0.4 is 10.3 Å². The molecule has 2 aromatic rings. The van der Waals surface area contributed by atoms with Crippen LogP contribution in [0.25, 0.3) is 0 Å². The lowest BCUT2D eigenvalue weighted by atomic mass is 10.2. The molecule has 0 spiro atoms. The van der Waals surface area contributed by atoms with Gasteiger partial charge >= 0.3 is 5.56 Å². The second kappa shape index (κ2) is 5.50. The molecule has 0 bridgehead atoms. The molecule has 2 rings (SSSR count). The SMILES string of the molecule is CCc1ccc(S(=O)(=O)n2cccc(OC)c2=O)cc1. The van der Waals surface area contributed by atoms with E-state index in [2.05, 4.69) is 0 Å². The number of pyridine rings is 1. The van der Waals surface area contributed by atoms with Crippen LogP contribution in [0.2, 0.25) is 0 Å². The first-order chi connectivity index (χ1) is 9.50.